The molecule has 5 rings (SSSR count). The van der Waals surface area contributed by atoms with Crippen molar-refractivity contribution in [2.45, 2.75) is 38.8 Å². The van der Waals surface area contributed by atoms with Crippen LogP contribution in [-0.2, 0) is 11.3 Å². The number of ether oxygens (including phenoxy) is 2. The van der Waals surface area contributed by atoms with Crippen LogP contribution in [0.25, 0.3) is 11.0 Å². The maximum atomic E-state index is 13.1. The first kappa shape index (κ1) is 23.9. The fraction of sp³-hybridized carbons (Fsp3) is 0.310. The van der Waals surface area contributed by atoms with Crippen molar-refractivity contribution in [1.29, 1.82) is 0 Å². The zero-order valence-corrected chi connectivity index (χ0v) is 20.8. The number of hydrogen-bond acceptors (Lipinski definition) is 5. The van der Waals surface area contributed by atoms with Gasteiger partial charge in [-0.05, 0) is 61.4 Å². The minimum atomic E-state index is -0.746. The van der Waals surface area contributed by atoms with Gasteiger partial charge in [-0.25, -0.2) is 4.98 Å². The van der Waals surface area contributed by atoms with Crippen molar-refractivity contribution < 1.29 is 19.4 Å². The molecule has 2 heterocycles. The van der Waals surface area contributed by atoms with Crippen LogP contribution in [0, 0.1) is 13.8 Å². The number of carbonyl (C=O) groups excluding carboxylic acids is 1. The van der Waals surface area contributed by atoms with Gasteiger partial charge in [0.25, 0.3) is 0 Å². The van der Waals surface area contributed by atoms with Gasteiger partial charge in [0.15, 0.2) is 0 Å². The lowest BCUT2D eigenvalue weighted by atomic mass is 10.1. The zero-order valence-electron chi connectivity index (χ0n) is 20.8. The van der Waals surface area contributed by atoms with Gasteiger partial charge in [0.2, 0.25) is 5.91 Å². The van der Waals surface area contributed by atoms with Gasteiger partial charge in [-0.2, -0.15) is 0 Å². The SMILES string of the molecule is COc1ccccc1N1C[C@H](c2nc3ccccc3n2C[C@H](O)COc2cc(C)cc(C)c2)CC1=O. The maximum Gasteiger partial charge on any atom is 0.227 e. The summed E-state index contributed by atoms with van der Waals surface area (Å²) in [4.78, 5) is 19.7. The molecule has 3 aromatic carbocycles. The second-order valence-electron chi connectivity index (χ2n) is 9.43. The molecule has 1 saturated heterocycles. The van der Waals surface area contributed by atoms with Crippen LogP contribution in [-0.4, -0.2) is 46.9 Å². The molecule has 1 amide bonds. The Hall–Kier alpha value is -3.84. The van der Waals surface area contributed by atoms with Gasteiger partial charge in [-0.3, -0.25) is 4.79 Å². The summed E-state index contributed by atoms with van der Waals surface area (Å²) in [6.07, 6.45) is -0.402. The summed E-state index contributed by atoms with van der Waals surface area (Å²) in [6, 6.07) is 21.4. The first-order valence-corrected chi connectivity index (χ1v) is 12.2. The van der Waals surface area contributed by atoms with E-state index < -0.39 is 6.10 Å². The Morgan fingerprint density at radius 2 is 1.78 bits per heavy atom. The highest BCUT2D eigenvalue weighted by Gasteiger charge is 2.36. The third kappa shape index (κ3) is 4.79. The monoisotopic (exact) mass is 485 g/mol. The molecule has 1 aromatic heterocycles. The fourth-order valence-electron chi connectivity index (χ4n) is 5.04. The standard InChI is InChI=1S/C29H31N3O4/c1-19-12-20(2)14-23(13-19)36-18-22(33)17-32-25-9-5-4-8-24(25)30-29(32)21-15-28(34)31(16-21)26-10-6-7-11-27(26)35-3/h4-14,21-22,33H,15-18H2,1-3H3/t21-,22+/m1/s1. The molecule has 0 bridgehead atoms. The molecule has 0 radical (unpaired) electrons. The normalized spacial score (nSPS) is 16.5. The van der Waals surface area contributed by atoms with Crippen LogP contribution in [0.4, 0.5) is 5.69 Å². The van der Waals surface area contributed by atoms with Crippen LogP contribution in [0.1, 0.15) is 29.3 Å². The molecular weight excluding hydrogens is 454 g/mol. The van der Waals surface area contributed by atoms with Crippen molar-refractivity contribution in [3.8, 4) is 11.5 Å². The molecule has 7 nitrogen and oxygen atoms in total. The van der Waals surface area contributed by atoms with Gasteiger partial charge in [0.1, 0.15) is 30.0 Å². The molecule has 1 N–H and O–H groups in total. The number of aromatic nitrogens is 2. The highest BCUT2D eigenvalue weighted by Crippen LogP contribution is 2.37. The molecule has 0 aliphatic carbocycles. The van der Waals surface area contributed by atoms with Crippen LogP contribution in [0.3, 0.4) is 0 Å². The molecule has 1 aliphatic rings. The molecule has 0 saturated carbocycles. The van der Waals surface area contributed by atoms with E-state index in [-0.39, 0.29) is 18.4 Å². The predicted octanol–water partition coefficient (Wildman–Crippen LogP) is 4.62. The molecule has 186 valence electrons. The number of rotatable bonds is 8. The number of amides is 1. The van der Waals surface area contributed by atoms with Gasteiger partial charge in [-0.15, -0.1) is 0 Å². The first-order chi connectivity index (χ1) is 17.4. The summed E-state index contributed by atoms with van der Waals surface area (Å²) in [7, 11) is 1.61. The zero-order chi connectivity index (χ0) is 25.2. The molecule has 36 heavy (non-hydrogen) atoms. The Kier molecular flexibility index (Phi) is 6.65. The molecule has 1 fully saturated rings. The van der Waals surface area contributed by atoms with E-state index in [1.807, 2.05) is 79.1 Å². The molecular formula is C29H31N3O4. The second kappa shape index (κ2) is 10.0. The van der Waals surface area contributed by atoms with E-state index in [4.69, 9.17) is 14.5 Å². The van der Waals surface area contributed by atoms with Crippen LogP contribution < -0.4 is 14.4 Å². The number of para-hydroxylation sites is 4. The van der Waals surface area contributed by atoms with Crippen LogP contribution >= 0.6 is 0 Å². The summed E-state index contributed by atoms with van der Waals surface area (Å²) < 4.78 is 13.4. The Labute approximate surface area is 210 Å². The Bertz CT molecular complexity index is 1380. The van der Waals surface area contributed by atoms with E-state index in [0.717, 1.165) is 39.4 Å². The maximum absolute atomic E-state index is 13.1. The smallest absolute Gasteiger partial charge is 0.227 e. The Morgan fingerprint density at radius 3 is 2.56 bits per heavy atom. The summed E-state index contributed by atoms with van der Waals surface area (Å²) in [6.45, 7) is 5.03. The number of nitrogens with zero attached hydrogens (tertiary/aromatic N) is 3. The molecule has 7 heteroatoms. The largest absolute Gasteiger partial charge is 0.495 e. The number of fused-ring (bicyclic) bond motifs is 1. The van der Waals surface area contributed by atoms with E-state index in [1.54, 1.807) is 12.0 Å². The topological polar surface area (TPSA) is 76.8 Å². The van der Waals surface area contributed by atoms with E-state index in [0.29, 0.717) is 25.3 Å². The highest BCUT2D eigenvalue weighted by molar-refractivity contribution is 5.97. The molecule has 4 aromatic rings. The average molecular weight is 486 g/mol. The van der Waals surface area contributed by atoms with Gasteiger partial charge in [0, 0.05) is 18.9 Å². The highest BCUT2D eigenvalue weighted by atomic mass is 16.5. The lowest BCUT2D eigenvalue weighted by molar-refractivity contribution is -0.117. The van der Waals surface area contributed by atoms with E-state index in [1.165, 1.54) is 0 Å². The van der Waals surface area contributed by atoms with Crippen molar-refractivity contribution in [2.75, 3.05) is 25.2 Å². The predicted molar refractivity (Wildman–Crippen MR) is 140 cm³/mol. The van der Waals surface area contributed by atoms with Gasteiger partial charge >= 0.3 is 0 Å². The number of aliphatic hydroxyl groups is 1. The van der Waals surface area contributed by atoms with Gasteiger partial charge in [-0.1, -0.05) is 30.3 Å². The van der Waals surface area contributed by atoms with Gasteiger partial charge in [0.05, 0.1) is 30.4 Å². The van der Waals surface area contributed by atoms with Crippen LogP contribution in [0.15, 0.2) is 66.7 Å². The number of imidazole rings is 1. The van der Waals surface area contributed by atoms with E-state index >= 15 is 0 Å². The van der Waals surface area contributed by atoms with Crippen molar-refractivity contribution in [3.63, 3.8) is 0 Å². The number of methoxy groups -OCH3 is 1. The number of benzene rings is 3. The van der Waals surface area contributed by atoms with Crippen molar-refractivity contribution >= 4 is 22.6 Å². The molecule has 1 aliphatic heterocycles. The molecule has 0 spiro atoms. The van der Waals surface area contributed by atoms with E-state index in [9.17, 15) is 9.90 Å². The summed E-state index contributed by atoms with van der Waals surface area (Å²) in [5.74, 6) is 2.13. The minimum Gasteiger partial charge on any atom is -0.495 e. The van der Waals surface area contributed by atoms with Crippen molar-refractivity contribution in [3.05, 3.63) is 83.7 Å². The van der Waals surface area contributed by atoms with Crippen LogP contribution in [0.2, 0.25) is 0 Å². The third-order valence-electron chi connectivity index (χ3n) is 6.58. The average Bonchev–Trinajstić information content (AvgIpc) is 3.42. The summed E-state index contributed by atoms with van der Waals surface area (Å²) in [5.41, 5.74) is 4.78. The van der Waals surface area contributed by atoms with Crippen molar-refractivity contribution in [1.82, 2.24) is 9.55 Å². The number of aliphatic hydroxyl groups excluding tert-OH is 1. The quantitative estimate of drug-likeness (QED) is 0.394. The Morgan fingerprint density at radius 1 is 1.06 bits per heavy atom. The number of carbonyl (C=O) groups is 1. The van der Waals surface area contributed by atoms with Crippen molar-refractivity contribution in [2.24, 2.45) is 0 Å². The minimum absolute atomic E-state index is 0.0294. The third-order valence-corrected chi connectivity index (χ3v) is 6.58. The summed E-state index contributed by atoms with van der Waals surface area (Å²) >= 11 is 0. The summed E-state index contributed by atoms with van der Waals surface area (Å²) in [5, 5.41) is 10.9. The Balaban J connectivity index is 1.39. The van der Waals surface area contributed by atoms with Gasteiger partial charge < -0.3 is 24.0 Å². The second-order valence-corrected chi connectivity index (χ2v) is 9.43. The van der Waals surface area contributed by atoms with Crippen LogP contribution in [0.5, 0.6) is 11.5 Å². The number of anilines is 1. The molecule has 2 atom stereocenters. The van der Waals surface area contributed by atoms with E-state index in [2.05, 4.69) is 6.07 Å². The lowest BCUT2D eigenvalue weighted by Gasteiger charge is -2.20. The number of aryl methyl sites for hydroxylation is 2. The fourth-order valence-corrected chi connectivity index (χ4v) is 5.04. The number of hydrogen-bond donors (Lipinski definition) is 1. The first-order valence-electron chi connectivity index (χ1n) is 12.2. The lowest BCUT2D eigenvalue weighted by Crippen LogP contribution is -2.26. The molecule has 0 unspecified atom stereocenters.